The third-order valence-electron chi connectivity index (χ3n) is 7.45. The van der Waals surface area contributed by atoms with Crippen LogP contribution in [0.5, 0.6) is 5.75 Å². The predicted molar refractivity (Wildman–Crippen MR) is 180 cm³/mol. The third-order valence-corrected chi connectivity index (χ3v) is 8.51. The van der Waals surface area contributed by atoms with Crippen LogP contribution in [-0.2, 0) is 22.4 Å². The number of rotatable bonds is 13. The highest BCUT2D eigenvalue weighted by atomic mass is 79.9. The fourth-order valence-electron chi connectivity index (χ4n) is 5.05. The van der Waals surface area contributed by atoms with Gasteiger partial charge in [-0.1, -0.05) is 86.0 Å². The summed E-state index contributed by atoms with van der Waals surface area (Å²) in [7, 11) is 0. The molecule has 4 aromatic rings. The quantitative estimate of drug-likeness (QED) is 0.106. The van der Waals surface area contributed by atoms with Crippen LogP contribution in [0.4, 0.5) is 0 Å². The highest BCUT2D eigenvalue weighted by molar-refractivity contribution is 9.10. The minimum absolute atomic E-state index is 0.0729. The van der Waals surface area contributed by atoms with Crippen molar-refractivity contribution in [3.63, 3.8) is 0 Å². The number of nitrogens with zero attached hydrogens (tertiary/aromatic N) is 1. The summed E-state index contributed by atoms with van der Waals surface area (Å²) in [5, 5.41) is 9.05. The maximum atomic E-state index is 14.3. The molecule has 9 heteroatoms. The molecule has 1 heterocycles. The summed E-state index contributed by atoms with van der Waals surface area (Å²) in [6.45, 7) is 3.12. The van der Waals surface area contributed by atoms with Gasteiger partial charge in [-0.3, -0.25) is 10.2 Å². The molecule has 228 valence electrons. The van der Waals surface area contributed by atoms with E-state index < -0.39 is 11.6 Å². The molecule has 1 amide bonds. The zero-order chi connectivity index (χ0) is 30.9. The largest absolute Gasteiger partial charge is 0.494 e. The summed E-state index contributed by atoms with van der Waals surface area (Å²) in [6.07, 6.45) is 0.944. The molecule has 0 bridgehead atoms. The fraction of sp³-hybridized carbons (Fsp3) is 0.257. The number of halogens is 2. The molecular formula is C35H35Br2N3O4. The number of nitrogens with one attached hydrogen (secondary N) is 2. The Balaban J connectivity index is 1.46. The SMILES string of the molecule is Cc1ccc(CCNNC(=O)[C@@]2(Cc3ccc(Br)cc3)N=C(c3ccc(OCCCO)cc3)O[C@H]2c2ccc(Br)cc2)cc1. The second kappa shape index (κ2) is 15.0. The Kier molecular flexibility index (Phi) is 10.9. The van der Waals surface area contributed by atoms with E-state index in [1.807, 2.05) is 72.8 Å². The van der Waals surface area contributed by atoms with E-state index >= 15 is 0 Å². The van der Waals surface area contributed by atoms with Crippen molar-refractivity contribution in [2.45, 2.75) is 37.8 Å². The molecule has 7 nitrogen and oxygen atoms in total. The summed E-state index contributed by atoms with van der Waals surface area (Å²) in [6, 6.07) is 31.5. The molecule has 4 aromatic carbocycles. The highest BCUT2D eigenvalue weighted by Gasteiger charge is 2.53. The number of amides is 1. The van der Waals surface area contributed by atoms with E-state index in [-0.39, 0.29) is 12.5 Å². The van der Waals surface area contributed by atoms with Gasteiger partial charge in [0.2, 0.25) is 5.90 Å². The van der Waals surface area contributed by atoms with E-state index in [0.717, 1.165) is 32.1 Å². The Morgan fingerprint density at radius 3 is 2.20 bits per heavy atom. The van der Waals surface area contributed by atoms with Gasteiger partial charge in [-0.2, -0.15) is 0 Å². The number of hydrogen-bond donors (Lipinski definition) is 3. The van der Waals surface area contributed by atoms with Crippen molar-refractivity contribution >= 4 is 43.7 Å². The van der Waals surface area contributed by atoms with Gasteiger partial charge in [-0.15, -0.1) is 0 Å². The van der Waals surface area contributed by atoms with Crippen molar-refractivity contribution in [1.29, 1.82) is 0 Å². The summed E-state index contributed by atoms with van der Waals surface area (Å²) >= 11 is 7.04. The Morgan fingerprint density at radius 1 is 0.909 bits per heavy atom. The second-order valence-corrected chi connectivity index (χ2v) is 12.6. The minimum Gasteiger partial charge on any atom is -0.494 e. The Bertz CT molecular complexity index is 1560. The molecule has 5 rings (SSSR count). The van der Waals surface area contributed by atoms with Crippen LogP contribution in [0.25, 0.3) is 0 Å². The molecule has 0 aromatic heterocycles. The maximum absolute atomic E-state index is 14.3. The average Bonchev–Trinajstić information content (AvgIpc) is 3.42. The number of carbonyl (C=O) groups excluding carboxylic acids is 1. The number of aliphatic imine (C=N–C) groups is 1. The smallest absolute Gasteiger partial charge is 0.266 e. The van der Waals surface area contributed by atoms with Crippen LogP contribution in [0.15, 0.2) is 111 Å². The first kappa shape index (κ1) is 31.9. The predicted octanol–water partition coefficient (Wildman–Crippen LogP) is 6.64. The van der Waals surface area contributed by atoms with Gasteiger partial charge >= 0.3 is 0 Å². The average molecular weight is 721 g/mol. The van der Waals surface area contributed by atoms with Crippen molar-refractivity contribution in [3.05, 3.63) is 134 Å². The Labute approximate surface area is 274 Å². The Hall–Kier alpha value is -3.50. The minimum atomic E-state index is -1.30. The molecule has 2 atom stereocenters. The summed E-state index contributed by atoms with van der Waals surface area (Å²) in [5.41, 5.74) is 9.72. The molecule has 1 aliphatic heterocycles. The summed E-state index contributed by atoms with van der Waals surface area (Å²) < 4.78 is 14.2. The molecule has 0 aliphatic carbocycles. The zero-order valence-electron chi connectivity index (χ0n) is 24.4. The topological polar surface area (TPSA) is 92.2 Å². The van der Waals surface area contributed by atoms with Gasteiger partial charge in [-0.25, -0.2) is 10.4 Å². The van der Waals surface area contributed by atoms with Crippen molar-refractivity contribution in [2.75, 3.05) is 19.8 Å². The molecule has 0 spiro atoms. The normalized spacial score (nSPS) is 17.5. The number of aryl methyl sites for hydroxylation is 1. The van der Waals surface area contributed by atoms with Crippen LogP contribution in [0.2, 0.25) is 0 Å². The van der Waals surface area contributed by atoms with Crippen molar-refractivity contribution in [2.24, 2.45) is 4.99 Å². The number of hydrogen-bond acceptors (Lipinski definition) is 6. The van der Waals surface area contributed by atoms with Crippen molar-refractivity contribution in [1.82, 2.24) is 10.9 Å². The lowest BCUT2D eigenvalue weighted by atomic mass is 9.82. The number of ether oxygens (including phenoxy) is 2. The second-order valence-electron chi connectivity index (χ2n) is 10.8. The van der Waals surface area contributed by atoms with E-state index in [4.69, 9.17) is 19.6 Å². The molecule has 1 aliphatic rings. The van der Waals surface area contributed by atoms with Gasteiger partial charge < -0.3 is 14.6 Å². The maximum Gasteiger partial charge on any atom is 0.266 e. The number of aliphatic hydroxyl groups excluding tert-OH is 1. The number of benzene rings is 4. The van der Waals surface area contributed by atoms with E-state index in [1.54, 1.807) is 0 Å². The standard InChI is InChI=1S/C35H35Br2N3O4/c1-24-3-5-25(6-4-24)19-20-38-40-34(42)35(23-26-7-13-29(36)14-8-26)32(27-9-15-30(37)16-10-27)44-33(39-35)28-11-17-31(18-12-28)43-22-2-21-41/h3-18,32,38,41H,2,19-23H2,1H3,(H,40,42)/t32-,35-/m0/s1. The van der Waals surface area contributed by atoms with E-state index in [1.165, 1.54) is 11.1 Å². The fourth-order valence-corrected chi connectivity index (χ4v) is 5.57. The first-order valence-electron chi connectivity index (χ1n) is 14.6. The third kappa shape index (κ3) is 7.95. The van der Waals surface area contributed by atoms with Gasteiger partial charge in [0.05, 0.1) is 6.61 Å². The molecule has 0 radical (unpaired) electrons. The van der Waals surface area contributed by atoms with Crippen LogP contribution < -0.4 is 15.6 Å². The zero-order valence-corrected chi connectivity index (χ0v) is 27.6. The molecule has 0 saturated heterocycles. The van der Waals surface area contributed by atoms with Crippen molar-refractivity contribution < 1.29 is 19.4 Å². The first-order chi connectivity index (χ1) is 21.4. The van der Waals surface area contributed by atoms with Gasteiger partial charge in [0.15, 0.2) is 11.6 Å². The lowest BCUT2D eigenvalue weighted by molar-refractivity contribution is -0.130. The number of hydrazine groups is 1. The van der Waals surface area contributed by atoms with Crippen LogP contribution in [0.3, 0.4) is 0 Å². The van der Waals surface area contributed by atoms with E-state index in [0.29, 0.717) is 37.6 Å². The van der Waals surface area contributed by atoms with Gasteiger partial charge in [0, 0.05) is 40.5 Å². The molecule has 0 fully saturated rings. The molecule has 0 saturated carbocycles. The van der Waals surface area contributed by atoms with Gasteiger partial charge in [0.25, 0.3) is 5.91 Å². The van der Waals surface area contributed by atoms with Crippen LogP contribution in [-0.4, -0.2) is 42.2 Å². The molecule has 44 heavy (non-hydrogen) atoms. The monoisotopic (exact) mass is 719 g/mol. The van der Waals surface area contributed by atoms with Crippen LogP contribution in [0, 0.1) is 6.92 Å². The number of aliphatic hydroxyl groups is 1. The Morgan fingerprint density at radius 2 is 1.55 bits per heavy atom. The molecular weight excluding hydrogens is 686 g/mol. The van der Waals surface area contributed by atoms with Gasteiger partial charge in [0.1, 0.15) is 5.75 Å². The highest BCUT2D eigenvalue weighted by Crippen LogP contribution is 2.43. The summed E-state index contributed by atoms with van der Waals surface area (Å²) in [5.74, 6) is 0.782. The van der Waals surface area contributed by atoms with Gasteiger partial charge in [-0.05, 0) is 78.6 Å². The summed E-state index contributed by atoms with van der Waals surface area (Å²) in [4.78, 5) is 19.4. The lowest BCUT2D eigenvalue weighted by Crippen LogP contribution is -2.54. The number of carbonyl (C=O) groups is 1. The molecule has 3 N–H and O–H groups in total. The van der Waals surface area contributed by atoms with Crippen LogP contribution in [0.1, 0.15) is 40.3 Å². The lowest BCUT2D eigenvalue weighted by Gasteiger charge is -2.31. The van der Waals surface area contributed by atoms with Crippen molar-refractivity contribution in [3.8, 4) is 5.75 Å². The van der Waals surface area contributed by atoms with E-state index in [2.05, 4.69) is 73.9 Å². The molecule has 0 unspecified atom stereocenters. The van der Waals surface area contributed by atoms with E-state index in [9.17, 15) is 4.79 Å². The first-order valence-corrected chi connectivity index (χ1v) is 16.1. The van der Waals surface area contributed by atoms with Crippen LogP contribution >= 0.6 is 31.9 Å².